The lowest BCUT2D eigenvalue weighted by Crippen LogP contribution is -2.48. The third-order valence-corrected chi connectivity index (χ3v) is 6.46. The summed E-state index contributed by atoms with van der Waals surface area (Å²) in [5.74, 6) is -5.47. The second-order valence-electron chi connectivity index (χ2n) is 8.39. The van der Waals surface area contributed by atoms with Gasteiger partial charge in [0.1, 0.15) is 23.6 Å². The van der Waals surface area contributed by atoms with Crippen LogP contribution in [0.25, 0.3) is 0 Å². The number of hydrogen-bond acceptors (Lipinski definition) is 5. The van der Waals surface area contributed by atoms with Gasteiger partial charge in [-0.1, -0.05) is 57.2 Å². The number of carbonyl (C=O) groups is 4. The molecule has 1 heterocycles. The molecule has 1 saturated carbocycles. The normalized spacial score (nSPS) is 23.1. The van der Waals surface area contributed by atoms with E-state index in [1.165, 1.54) is 18.2 Å². The average molecular weight is 432 g/mol. The first-order valence-corrected chi connectivity index (χ1v) is 11.0. The number of nitrogens with one attached hydrogen (secondary N) is 1. The predicted molar refractivity (Wildman–Crippen MR) is 109 cm³/mol. The molecule has 1 aliphatic carbocycles. The minimum Gasteiger partial charge on any atom is -0.316 e. The molecule has 8 heteroatoms. The van der Waals surface area contributed by atoms with Crippen LogP contribution in [0.3, 0.4) is 0 Å². The summed E-state index contributed by atoms with van der Waals surface area (Å²) in [5, 5.41) is 9.24. The third-order valence-electron chi connectivity index (χ3n) is 6.46. The van der Waals surface area contributed by atoms with Crippen LogP contribution in [-0.2, 0) is 19.2 Å². The van der Waals surface area contributed by atoms with Gasteiger partial charge in [-0.2, -0.15) is 0 Å². The number of carbonyl (C=O) groups excluding carboxylic acids is 4. The molecule has 0 bridgehead atoms. The Morgan fingerprint density at radius 3 is 2.48 bits per heavy atom. The summed E-state index contributed by atoms with van der Waals surface area (Å²) in [7, 11) is 0. The summed E-state index contributed by atoms with van der Waals surface area (Å²) in [6.45, 7) is 1.90. The Balaban J connectivity index is 2.09. The number of halogens is 1. The molecule has 1 aliphatic heterocycles. The van der Waals surface area contributed by atoms with E-state index in [4.69, 9.17) is 0 Å². The SMILES string of the molecule is CCCCC(C(=O)NO)N1C(=O)C(=O)C(C(=O)C2CCCCC2)C1c1ccccc1F. The van der Waals surface area contributed by atoms with E-state index >= 15 is 0 Å². The molecule has 2 aliphatic rings. The number of rotatable bonds is 8. The van der Waals surface area contributed by atoms with Crippen molar-refractivity contribution >= 4 is 23.4 Å². The first-order chi connectivity index (χ1) is 14.9. The highest BCUT2D eigenvalue weighted by Crippen LogP contribution is 2.42. The number of amides is 2. The fourth-order valence-corrected chi connectivity index (χ4v) is 4.86. The molecule has 1 saturated heterocycles. The van der Waals surface area contributed by atoms with E-state index < -0.39 is 41.4 Å². The second kappa shape index (κ2) is 10.1. The maximum absolute atomic E-state index is 14.8. The van der Waals surface area contributed by atoms with Crippen molar-refractivity contribution in [3.05, 3.63) is 35.6 Å². The Kier molecular flexibility index (Phi) is 7.54. The quantitative estimate of drug-likeness (QED) is 0.284. The van der Waals surface area contributed by atoms with E-state index in [1.807, 2.05) is 6.92 Å². The number of nitrogens with zero attached hydrogens (tertiary/aromatic N) is 1. The lowest BCUT2D eigenvalue weighted by atomic mass is 9.77. The van der Waals surface area contributed by atoms with Gasteiger partial charge in [-0.15, -0.1) is 0 Å². The molecule has 3 atom stereocenters. The van der Waals surface area contributed by atoms with Gasteiger partial charge in [0, 0.05) is 11.5 Å². The summed E-state index contributed by atoms with van der Waals surface area (Å²) < 4.78 is 14.8. The van der Waals surface area contributed by atoms with Crippen molar-refractivity contribution in [2.75, 3.05) is 0 Å². The Hall–Kier alpha value is -2.61. The summed E-state index contributed by atoms with van der Waals surface area (Å²) in [6.07, 6.45) is 5.45. The smallest absolute Gasteiger partial charge is 0.292 e. The topological polar surface area (TPSA) is 104 Å². The molecule has 7 nitrogen and oxygen atoms in total. The van der Waals surface area contributed by atoms with Gasteiger partial charge in [-0.3, -0.25) is 24.4 Å². The Morgan fingerprint density at radius 2 is 1.87 bits per heavy atom. The zero-order chi connectivity index (χ0) is 22.5. The molecule has 3 rings (SSSR count). The van der Waals surface area contributed by atoms with Crippen LogP contribution in [0.15, 0.2) is 24.3 Å². The standard InChI is InChI=1S/C23H29FN2O5/c1-2-3-13-17(22(29)25-31)26-19(15-11-7-8-12-16(15)24)18(21(28)23(26)30)20(27)14-9-5-4-6-10-14/h7-8,11-12,14,17-19,31H,2-6,9-10,13H2,1H3,(H,25,29). The molecule has 1 aromatic rings. The predicted octanol–water partition coefficient (Wildman–Crippen LogP) is 3.11. The van der Waals surface area contributed by atoms with Gasteiger partial charge in [0.05, 0.1) is 6.04 Å². The van der Waals surface area contributed by atoms with E-state index in [-0.39, 0.29) is 23.7 Å². The van der Waals surface area contributed by atoms with E-state index in [0.29, 0.717) is 25.7 Å². The molecule has 2 amide bonds. The van der Waals surface area contributed by atoms with Crippen molar-refractivity contribution in [3.8, 4) is 0 Å². The summed E-state index contributed by atoms with van der Waals surface area (Å²) in [4.78, 5) is 53.0. The van der Waals surface area contributed by atoms with Crippen LogP contribution in [0.1, 0.15) is 69.9 Å². The lowest BCUT2D eigenvalue weighted by Gasteiger charge is -2.34. The zero-order valence-electron chi connectivity index (χ0n) is 17.7. The van der Waals surface area contributed by atoms with Crippen LogP contribution in [-0.4, -0.2) is 39.5 Å². The number of unbranched alkanes of at least 4 members (excludes halogenated alkanes) is 1. The monoisotopic (exact) mass is 432 g/mol. The molecule has 2 fully saturated rings. The zero-order valence-corrected chi connectivity index (χ0v) is 17.7. The largest absolute Gasteiger partial charge is 0.316 e. The molecule has 2 N–H and O–H groups in total. The highest BCUT2D eigenvalue weighted by atomic mass is 19.1. The number of benzene rings is 1. The van der Waals surface area contributed by atoms with Gasteiger partial charge < -0.3 is 4.90 Å². The van der Waals surface area contributed by atoms with Gasteiger partial charge in [0.25, 0.3) is 11.8 Å². The maximum Gasteiger partial charge on any atom is 0.292 e. The molecule has 0 radical (unpaired) electrons. The molecule has 1 aromatic carbocycles. The van der Waals surface area contributed by atoms with E-state index in [1.54, 1.807) is 11.5 Å². The fourth-order valence-electron chi connectivity index (χ4n) is 4.86. The summed E-state index contributed by atoms with van der Waals surface area (Å²) in [5.41, 5.74) is 1.59. The highest BCUT2D eigenvalue weighted by Gasteiger charge is 2.56. The van der Waals surface area contributed by atoms with Crippen molar-refractivity contribution in [3.63, 3.8) is 0 Å². The average Bonchev–Trinajstić information content (AvgIpc) is 3.05. The van der Waals surface area contributed by atoms with Crippen LogP contribution in [0.4, 0.5) is 4.39 Å². The number of ketones is 2. The van der Waals surface area contributed by atoms with Gasteiger partial charge in [0.15, 0.2) is 0 Å². The van der Waals surface area contributed by atoms with Gasteiger partial charge in [-0.05, 0) is 25.3 Å². The maximum atomic E-state index is 14.8. The van der Waals surface area contributed by atoms with Crippen LogP contribution < -0.4 is 5.48 Å². The fraction of sp³-hybridized carbons (Fsp3) is 0.565. The molecular weight excluding hydrogens is 403 g/mol. The summed E-state index contributed by atoms with van der Waals surface area (Å²) >= 11 is 0. The third kappa shape index (κ3) is 4.54. The van der Waals surface area contributed by atoms with Crippen LogP contribution in [0.2, 0.25) is 0 Å². The molecule has 0 spiro atoms. The van der Waals surface area contributed by atoms with Crippen molar-refractivity contribution < 1.29 is 28.8 Å². The second-order valence-corrected chi connectivity index (χ2v) is 8.39. The minimum absolute atomic E-state index is 0.0306. The molecule has 0 aromatic heterocycles. The molecular formula is C23H29FN2O5. The minimum atomic E-state index is -1.36. The van der Waals surface area contributed by atoms with Crippen LogP contribution >= 0.6 is 0 Å². The first-order valence-electron chi connectivity index (χ1n) is 11.0. The van der Waals surface area contributed by atoms with Crippen molar-refractivity contribution in [1.82, 2.24) is 10.4 Å². The van der Waals surface area contributed by atoms with E-state index in [9.17, 15) is 28.8 Å². The van der Waals surface area contributed by atoms with Crippen LogP contribution in [0, 0.1) is 17.7 Å². The molecule has 31 heavy (non-hydrogen) atoms. The number of hydroxylamine groups is 1. The Labute approximate surface area is 180 Å². The lowest BCUT2D eigenvalue weighted by molar-refractivity contribution is -0.147. The molecule has 3 unspecified atom stereocenters. The van der Waals surface area contributed by atoms with Crippen LogP contribution in [0.5, 0.6) is 0 Å². The number of likely N-dealkylation sites (tertiary alicyclic amines) is 1. The molecule has 168 valence electrons. The van der Waals surface area contributed by atoms with Gasteiger partial charge >= 0.3 is 0 Å². The number of Topliss-reactive ketones (excluding diaryl/α,β-unsaturated/α-hetero) is 2. The van der Waals surface area contributed by atoms with Crippen molar-refractivity contribution in [1.29, 1.82) is 0 Å². The van der Waals surface area contributed by atoms with E-state index in [0.717, 1.165) is 24.2 Å². The Morgan fingerprint density at radius 1 is 1.19 bits per heavy atom. The first kappa shape index (κ1) is 23.1. The number of hydrogen-bond donors (Lipinski definition) is 2. The Bertz CT molecular complexity index is 852. The van der Waals surface area contributed by atoms with Gasteiger partial charge in [0.2, 0.25) is 5.78 Å². The van der Waals surface area contributed by atoms with Crippen molar-refractivity contribution in [2.24, 2.45) is 11.8 Å². The summed E-state index contributed by atoms with van der Waals surface area (Å²) in [6, 6.07) is 3.29. The van der Waals surface area contributed by atoms with E-state index in [2.05, 4.69) is 0 Å². The van der Waals surface area contributed by atoms with Crippen molar-refractivity contribution in [2.45, 2.75) is 70.4 Å². The highest BCUT2D eigenvalue weighted by molar-refractivity contribution is 6.43. The van der Waals surface area contributed by atoms with Gasteiger partial charge in [-0.25, -0.2) is 9.87 Å².